The van der Waals surface area contributed by atoms with E-state index in [1.54, 1.807) is 0 Å². The largest absolute Gasteiger partial charge is 0.356 e. The van der Waals surface area contributed by atoms with Gasteiger partial charge in [0.25, 0.3) is 10.2 Å². The first-order valence-electron chi connectivity index (χ1n) is 9.76. The smallest absolute Gasteiger partial charge is 0.281 e. The zero-order valence-electron chi connectivity index (χ0n) is 16.9. The number of aryl methyl sites for hydroxylation is 1. The van der Waals surface area contributed by atoms with Crippen LogP contribution in [0, 0.1) is 5.92 Å². The Hall–Kier alpha value is -1.44. The van der Waals surface area contributed by atoms with E-state index in [1.807, 2.05) is 0 Å². The first-order chi connectivity index (χ1) is 12.7. The molecule has 1 heterocycles. The van der Waals surface area contributed by atoms with Crippen molar-refractivity contribution in [1.82, 2.24) is 13.9 Å². The monoisotopic (exact) mass is 395 g/mol. The van der Waals surface area contributed by atoms with Crippen LogP contribution in [0.2, 0.25) is 0 Å². The van der Waals surface area contributed by atoms with E-state index >= 15 is 0 Å². The fraction of sp³-hybridized carbons (Fsp3) is 0.650. The number of nitrogens with zero attached hydrogens (tertiary/aromatic N) is 2. The summed E-state index contributed by atoms with van der Waals surface area (Å²) in [6.07, 6.45) is 3.25. The number of carbonyl (C=O) groups excluding carboxylic acids is 1. The molecule has 0 radical (unpaired) electrons. The second kappa shape index (κ2) is 9.66. The molecule has 1 saturated heterocycles. The fourth-order valence-corrected chi connectivity index (χ4v) is 4.50. The first-order valence-corrected chi connectivity index (χ1v) is 11.2. The van der Waals surface area contributed by atoms with Crippen LogP contribution in [0.4, 0.5) is 0 Å². The molecule has 1 atom stereocenters. The van der Waals surface area contributed by atoms with E-state index in [9.17, 15) is 13.2 Å². The Morgan fingerprint density at radius 1 is 1.26 bits per heavy atom. The molecule has 0 saturated carbocycles. The van der Waals surface area contributed by atoms with Crippen LogP contribution in [0.3, 0.4) is 0 Å². The summed E-state index contributed by atoms with van der Waals surface area (Å²) in [6.45, 7) is 5.72. The number of hydrogen-bond acceptors (Lipinski definition) is 3. The molecule has 0 aromatic heterocycles. The minimum absolute atomic E-state index is 0.0381. The maximum Gasteiger partial charge on any atom is 0.281 e. The van der Waals surface area contributed by atoms with E-state index in [0.29, 0.717) is 25.4 Å². The van der Waals surface area contributed by atoms with Crippen LogP contribution in [-0.4, -0.2) is 56.7 Å². The van der Waals surface area contributed by atoms with Crippen LogP contribution in [0.15, 0.2) is 24.3 Å². The number of nitrogens with one attached hydrogen (secondary N) is 1. The molecular formula is C20H33N3O3S. The number of rotatable bonds is 8. The average Bonchev–Trinajstić information content (AvgIpc) is 2.65. The van der Waals surface area contributed by atoms with Crippen molar-refractivity contribution < 1.29 is 13.2 Å². The van der Waals surface area contributed by atoms with Crippen molar-refractivity contribution in [3.8, 4) is 0 Å². The number of amides is 1. The Labute approximate surface area is 164 Å². The number of carbonyl (C=O) groups is 1. The summed E-state index contributed by atoms with van der Waals surface area (Å²) in [5.74, 6) is 0.229. The lowest BCUT2D eigenvalue weighted by atomic mass is 9.98. The molecule has 1 N–H and O–H groups in total. The molecule has 1 aliphatic rings. The third-order valence-electron chi connectivity index (χ3n) is 5.13. The molecule has 1 fully saturated rings. The van der Waals surface area contributed by atoms with Gasteiger partial charge in [-0.25, -0.2) is 0 Å². The van der Waals surface area contributed by atoms with Crippen molar-refractivity contribution in [3.63, 3.8) is 0 Å². The molecule has 1 amide bonds. The second-order valence-electron chi connectivity index (χ2n) is 7.78. The van der Waals surface area contributed by atoms with Gasteiger partial charge >= 0.3 is 0 Å². The maximum atomic E-state index is 12.4. The van der Waals surface area contributed by atoms with Gasteiger partial charge in [-0.15, -0.1) is 0 Å². The van der Waals surface area contributed by atoms with Crippen molar-refractivity contribution in [2.24, 2.45) is 5.92 Å². The van der Waals surface area contributed by atoms with Gasteiger partial charge in [0.2, 0.25) is 5.91 Å². The molecule has 152 valence electrons. The van der Waals surface area contributed by atoms with Gasteiger partial charge in [0.1, 0.15) is 0 Å². The summed E-state index contributed by atoms with van der Waals surface area (Å²) < 4.78 is 27.1. The molecule has 0 aliphatic carbocycles. The third kappa shape index (κ3) is 6.02. The van der Waals surface area contributed by atoms with Crippen molar-refractivity contribution in [1.29, 1.82) is 0 Å². The van der Waals surface area contributed by atoms with Gasteiger partial charge in [0, 0.05) is 33.7 Å². The second-order valence-corrected chi connectivity index (χ2v) is 9.92. The number of benzene rings is 1. The maximum absolute atomic E-state index is 12.4. The van der Waals surface area contributed by atoms with Gasteiger partial charge in [-0.2, -0.15) is 17.0 Å². The molecule has 6 nitrogen and oxygen atoms in total. The predicted octanol–water partition coefficient (Wildman–Crippen LogP) is 2.38. The highest BCUT2D eigenvalue weighted by Crippen LogP contribution is 2.20. The summed E-state index contributed by atoms with van der Waals surface area (Å²) >= 11 is 0. The third-order valence-corrected chi connectivity index (χ3v) is 7.04. The predicted molar refractivity (Wildman–Crippen MR) is 109 cm³/mol. The van der Waals surface area contributed by atoms with Crippen LogP contribution < -0.4 is 5.32 Å². The summed E-state index contributed by atoms with van der Waals surface area (Å²) in [7, 11) is -0.410. The van der Waals surface area contributed by atoms with Crippen LogP contribution >= 0.6 is 0 Å². The quantitative estimate of drug-likeness (QED) is 0.687. The Morgan fingerprint density at radius 2 is 1.93 bits per heavy atom. The van der Waals surface area contributed by atoms with Crippen LogP contribution in [0.25, 0.3) is 0 Å². The summed E-state index contributed by atoms with van der Waals surface area (Å²) in [5.41, 5.74) is 2.61. The topological polar surface area (TPSA) is 69.7 Å². The van der Waals surface area contributed by atoms with Crippen molar-refractivity contribution >= 4 is 16.1 Å². The summed E-state index contributed by atoms with van der Waals surface area (Å²) in [4.78, 5) is 12.4. The average molecular weight is 396 g/mol. The highest BCUT2D eigenvalue weighted by atomic mass is 32.2. The molecule has 2 rings (SSSR count). The van der Waals surface area contributed by atoms with E-state index in [1.165, 1.54) is 33.8 Å². The Morgan fingerprint density at radius 3 is 2.52 bits per heavy atom. The van der Waals surface area contributed by atoms with Gasteiger partial charge in [-0.3, -0.25) is 4.79 Å². The van der Waals surface area contributed by atoms with Gasteiger partial charge < -0.3 is 5.32 Å². The highest BCUT2D eigenvalue weighted by molar-refractivity contribution is 7.86. The number of hydrogen-bond donors (Lipinski definition) is 1. The minimum Gasteiger partial charge on any atom is -0.356 e. The molecule has 27 heavy (non-hydrogen) atoms. The summed E-state index contributed by atoms with van der Waals surface area (Å²) in [6, 6.07) is 8.64. The molecule has 7 heteroatoms. The molecule has 1 aromatic carbocycles. The lowest BCUT2D eigenvalue weighted by molar-refractivity contribution is -0.126. The van der Waals surface area contributed by atoms with Crippen molar-refractivity contribution in [2.45, 2.75) is 45.4 Å². The van der Waals surface area contributed by atoms with E-state index in [4.69, 9.17) is 0 Å². The molecule has 1 aromatic rings. The SMILES string of the molecule is CC(C)c1ccc(CCCNC(=O)C2CCCN(S(=O)(=O)N(C)C)C2)cc1. The molecule has 1 aliphatic heterocycles. The van der Waals surface area contributed by atoms with Crippen LogP contribution in [0.5, 0.6) is 0 Å². The van der Waals surface area contributed by atoms with Gasteiger partial charge in [-0.05, 0) is 42.7 Å². The Bertz CT molecular complexity index is 714. The number of piperidine rings is 1. The molecule has 0 spiro atoms. The molecule has 0 bridgehead atoms. The normalized spacial score (nSPS) is 18.8. The molecule has 1 unspecified atom stereocenters. The van der Waals surface area contributed by atoms with Gasteiger partial charge in [0.15, 0.2) is 0 Å². The van der Waals surface area contributed by atoms with Gasteiger partial charge in [0.05, 0.1) is 5.92 Å². The standard InChI is InChI=1S/C20H33N3O3S/c1-16(2)18-11-9-17(10-12-18)7-5-13-21-20(24)19-8-6-14-23(15-19)27(25,26)22(3)4/h9-12,16,19H,5-8,13-15H2,1-4H3,(H,21,24). The zero-order chi connectivity index (χ0) is 20.0. The Kier molecular flexibility index (Phi) is 7.82. The van der Waals surface area contributed by atoms with Crippen molar-refractivity contribution in [3.05, 3.63) is 35.4 Å². The highest BCUT2D eigenvalue weighted by Gasteiger charge is 2.33. The zero-order valence-corrected chi connectivity index (χ0v) is 17.8. The van der Waals surface area contributed by atoms with E-state index in [2.05, 4.69) is 43.4 Å². The van der Waals surface area contributed by atoms with Crippen LogP contribution in [0.1, 0.15) is 50.2 Å². The van der Waals surface area contributed by atoms with Crippen molar-refractivity contribution in [2.75, 3.05) is 33.7 Å². The van der Waals surface area contributed by atoms with Gasteiger partial charge in [-0.1, -0.05) is 38.1 Å². The lowest BCUT2D eigenvalue weighted by Crippen LogP contribution is -2.48. The minimum atomic E-state index is -3.45. The fourth-order valence-electron chi connectivity index (χ4n) is 3.31. The Balaban J connectivity index is 1.77. The van der Waals surface area contributed by atoms with E-state index in [0.717, 1.165) is 19.3 Å². The lowest BCUT2D eigenvalue weighted by Gasteiger charge is -2.32. The summed E-state index contributed by atoms with van der Waals surface area (Å²) in [5, 5.41) is 2.98. The molecular weight excluding hydrogens is 362 g/mol. The van der Waals surface area contributed by atoms with Crippen LogP contribution in [-0.2, 0) is 21.4 Å². The first kappa shape index (κ1) is 21.9. The van der Waals surface area contributed by atoms with E-state index < -0.39 is 10.2 Å². The van der Waals surface area contributed by atoms with E-state index in [-0.39, 0.29) is 18.4 Å².